The molecule has 4 rings (SSSR count). The predicted molar refractivity (Wildman–Crippen MR) is 163 cm³/mol. The Balaban J connectivity index is 1.82. The van der Waals surface area contributed by atoms with Gasteiger partial charge in [-0.2, -0.15) is 0 Å². The lowest BCUT2D eigenvalue weighted by Gasteiger charge is -2.33. The zero-order valence-corrected chi connectivity index (χ0v) is 25.3. The average molecular weight is 527 g/mol. The first-order chi connectivity index (χ1) is 18.1. The summed E-state index contributed by atoms with van der Waals surface area (Å²) < 4.78 is 6.89. The summed E-state index contributed by atoms with van der Waals surface area (Å²) in [4.78, 5) is 18.7. The van der Waals surface area contributed by atoms with E-state index in [1.165, 1.54) is 25.7 Å². The van der Waals surface area contributed by atoms with Gasteiger partial charge >= 0.3 is 8.48 Å². The van der Waals surface area contributed by atoms with Gasteiger partial charge in [-0.3, -0.25) is 9.98 Å². The normalized spacial score (nSPS) is 16.5. The van der Waals surface area contributed by atoms with Crippen molar-refractivity contribution < 1.29 is 4.43 Å². The molecule has 1 unspecified atom stereocenters. The van der Waals surface area contributed by atoms with Gasteiger partial charge in [0.15, 0.2) is 0 Å². The van der Waals surface area contributed by atoms with E-state index in [0.29, 0.717) is 5.54 Å². The maximum Gasteiger partial charge on any atom is 0.328 e. The molecule has 1 saturated carbocycles. The number of nitrogens with zero attached hydrogens (tertiary/aromatic N) is 3. The van der Waals surface area contributed by atoms with Crippen molar-refractivity contribution >= 4 is 31.3 Å². The van der Waals surface area contributed by atoms with Gasteiger partial charge in [0.1, 0.15) is 5.75 Å². The minimum absolute atomic E-state index is 0.598. The second kappa shape index (κ2) is 11.7. The number of aromatic nitrogens is 1. The summed E-state index contributed by atoms with van der Waals surface area (Å²) in [5.74, 6) is 0.840. The van der Waals surface area contributed by atoms with E-state index in [2.05, 4.69) is 94.8 Å². The molecule has 1 aromatic heterocycles. The van der Waals surface area contributed by atoms with Crippen LogP contribution in [-0.4, -0.2) is 31.9 Å². The predicted octanol–water partition coefficient (Wildman–Crippen LogP) is 8.21. The van der Waals surface area contributed by atoms with Gasteiger partial charge in [0.25, 0.3) is 0 Å². The van der Waals surface area contributed by atoms with Crippen LogP contribution in [-0.2, 0) is 0 Å². The van der Waals surface area contributed by atoms with E-state index in [1.807, 2.05) is 13.8 Å². The van der Waals surface area contributed by atoms with E-state index < -0.39 is 8.48 Å². The quantitative estimate of drug-likeness (QED) is 0.238. The molecule has 0 amide bonds. The number of aryl methyl sites for hydroxylation is 4. The van der Waals surface area contributed by atoms with Crippen molar-refractivity contribution in [1.29, 1.82) is 0 Å². The summed E-state index contributed by atoms with van der Waals surface area (Å²) in [6.45, 7) is 14.8. The van der Waals surface area contributed by atoms with Crippen LogP contribution in [0.3, 0.4) is 0 Å². The fourth-order valence-corrected chi connectivity index (χ4v) is 8.20. The number of pyridine rings is 1. The molecule has 0 radical (unpaired) electrons. The molecule has 2 aromatic carbocycles. The minimum atomic E-state index is -2.19. The Bertz CT molecular complexity index is 1250. The van der Waals surface area contributed by atoms with Crippen LogP contribution in [0.5, 0.6) is 5.75 Å². The van der Waals surface area contributed by atoms with Gasteiger partial charge in [0.05, 0.1) is 34.2 Å². The second-order valence-corrected chi connectivity index (χ2v) is 14.6. The molecule has 0 aliphatic heterocycles. The molecule has 3 aromatic rings. The number of benzene rings is 2. The molecule has 0 saturated heterocycles. The number of hydrogen-bond donors (Lipinski definition) is 1. The van der Waals surface area contributed by atoms with Crippen LogP contribution in [0.1, 0.15) is 73.2 Å². The van der Waals surface area contributed by atoms with Crippen LogP contribution in [0.4, 0.5) is 11.4 Å². The van der Waals surface area contributed by atoms with Crippen LogP contribution in [0, 0.1) is 27.7 Å². The molecule has 0 spiro atoms. The van der Waals surface area contributed by atoms with Crippen molar-refractivity contribution in [1.82, 2.24) is 9.97 Å². The first-order valence-electron chi connectivity index (χ1n) is 13.7. The molecule has 0 bridgehead atoms. The van der Waals surface area contributed by atoms with E-state index >= 15 is 0 Å². The first-order valence-corrected chi connectivity index (χ1v) is 16.2. The molecule has 1 heterocycles. The number of rotatable bonds is 8. The summed E-state index contributed by atoms with van der Waals surface area (Å²) in [6.07, 6.45) is 5.03. The van der Waals surface area contributed by atoms with Gasteiger partial charge in [-0.15, -0.1) is 0 Å². The van der Waals surface area contributed by atoms with Gasteiger partial charge in [-0.05, 0) is 90.2 Å². The van der Waals surface area contributed by atoms with Crippen molar-refractivity contribution in [3.63, 3.8) is 0 Å². The maximum atomic E-state index is 6.89. The lowest BCUT2D eigenvalue weighted by atomic mass is 10.1. The van der Waals surface area contributed by atoms with Crippen LogP contribution < -0.4 is 9.41 Å². The topological polar surface area (TPSA) is 58.9 Å². The molecule has 1 aliphatic carbocycles. The first kappa shape index (κ1) is 27.9. The van der Waals surface area contributed by atoms with E-state index in [9.17, 15) is 0 Å². The Labute approximate surface area is 229 Å². The highest BCUT2D eigenvalue weighted by molar-refractivity contribution is 6.72. The summed E-state index contributed by atoms with van der Waals surface area (Å²) >= 11 is 0. The largest absolute Gasteiger partial charge is 0.529 e. The molecule has 1 aliphatic rings. The van der Waals surface area contributed by atoms with Crippen LogP contribution in [0.25, 0.3) is 0 Å². The highest BCUT2D eigenvalue weighted by Gasteiger charge is 2.41. The number of nitrogens with one attached hydrogen (secondary N) is 1. The molecular formula is C32H42N4OSi. The SMILES string of the molecule is CN[Si](C)(Oc1cc(C(C)=Nc2c(C)cccc2C)nc(C(C)=Nc2c(C)cccc2C)c1)C1CCCC1. The molecule has 1 atom stereocenters. The zero-order chi connectivity index (χ0) is 27.4. The van der Waals surface area contributed by atoms with Crippen molar-refractivity contribution in [2.24, 2.45) is 9.98 Å². The molecule has 6 heteroatoms. The molecule has 38 heavy (non-hydrogen) atoms. The Hall–Kier alpha value is -3.09. The summed E-state index contributed by atoms with van der Waals surface area (Å²) in [5, 5.41) is 0. The number of hydrogen-bond acceptors (Lipinski definition) is 5. The highest BCUT2D eigenvalue weighted by Crippen LogP contribution is 2.38. The fraction of sp³-hybridized carbons (Fsp3) is 0.406. The van der Waals surface area contributed by atoms with Crippen molar-refractivity contribution in [3.05, 3.63) is 82.2 Å². The third-order valence-electron chi connectivity index (χ3n) is 7.94. The van der Waals surface area contributed by atoms with Gasteiger partial charge in [0, 0.05) is 17.7 Å². The second-order valence-electron chi connectivity index (χ2n) is 10.9. The molecular weight excluding hydrogens is 484 g/mol. The lowest BCUT2D eigenvalue weighted by Crippen LogP contribution is -2.55. The zero-order valence-electron chi connectivity index (χ0n) is 24.3. The Morgan fingerprint density at radius 1 is 0.816 bits per heavy atom. The molecule has 200 valence electrons. The fourth-order valence-electron chi connectivity index (χ4n) is 5.41. The third-order valence-corrected chi connectivity index (χ3v) is 11.7. The summed E-state index contributed by atoms with van der Waals surface area (Å²) in [6, 6.07) is 16.7. The van der Waals surface area contributed by atoms with Crippen molar-refractivity contribution in [2.45, 2.75) is 79.3 Å². The van der Waals surface area contributed by atoms with Gasteiger partial charge in [-0.1, -0.05) is 49.2 Å². The van der Waals surface area contributed by atoms with Crippen LogP contribution >= 0.6 is 0 Å². The number of aliphatic imine (C=N–C) groups is 2. The van der Waals surface area contributed by atoms with E-state index in [1.54, 1.807) is 0 Å². The maximum absolute atomic E-state index is 6.89. The van der Waals surface area contributed by atoms with Gasteiger partial charge in [0.2, 0.25) is 0 Å². The van der Waals surface area contributed by atoms with E-state index in [4.69, 9.17) is 19.4 Å². The van der Waals surface area contributed by atoms with Crippen LogP contribution in [0.15, 0.2) is 58.5 Å². The lowest BCUT2D eigenvalue weighted by molar-refractivity contribution is 0.496. The van der Waals surface area contributed by atoms with E-state index in [-0.39, 0.29) is 0 Å². The molecule has 1 N–H and O–H groups in total. The van der Waals surface area contributed by atoms with Gasteiger partial charge < -0.3 is 9.41 Å². The Kier molecular flexibility index (Phi) is 8.63. The highest BCUT2D eigenvalue weighted by atomic mass is 28.4. The van der Waals surface area contributed by atoms with Crippen LogP contribution in [0.2, 0.25) is 12.1 Å². The van der Waals surface area contributed by atoms with Crippen molar-refractivity contribution in [2.75, 3.05) is 7.05 Å². The van der Waals surface area contributed by atoms with Crippen molar-refractivity contribution in [3.8, 4) is 5.75 Å². The summed E-state index contributed by atoms with van der Waals surface area (Å²) in [5.41, 5.74) is 10.6. The Morgan fingerprint density at radius 3 is 1.63 bits per heavy atom. The standard InChI is InChI=1S/C32H42N4OSi/c1-21-13-11-14-22(2)31(21)34-25(5)29-19-27(37-38(8,33-7)28-17-9-10-18-28)20-30(36-29)26(6)35-32-23(3)15-12-16-24(32)4/h11-16,19-20,28,33H,9-10,17-18H2,1-8H3. The summed E-state index contributed by atoms with van der Waals surface area (Å²) in [7, 11) is -0.138. The Morgan fingerprint density at radius 2 is 1.24 bits per heavy atom. The smallest absolute Gasteiger partial charge is 0.328 e. The third kappa shape index (κ3) is 6.13. The average Bonchev–Trinajstić information content (AvgIpc) is 3.44. The number of para-hydroxylation sites is 2. The van der Waals surface area contributed by atoms with E-state index in [0.717, 1.165) is 62.2 Å². The monoisotopic (exact) mass is 526 g/mol. The van der Waals surface area contributed by atoms with Gasteiger partial charge in [-0.25, -0.2) is 4.98 Å². The molecule has 5 nitrogen and oxygen atoms in total. The molecule has 1 fully saturated rings. The minimum Gasteiger partial charge on any atom is -0.529 e.